The second-order valence-electron chi connectivity index (χ2n) is 12.6. The number of hydrogen-bond acceptors (Lipinski definition) is 5. The SMILES string of the molecule is C=CCCC(NC(=O)[C@@H]1[C@@H]2[C@H](CN1C(=O)[C@@H](C)C(C)(C)C)C2(C)C)C(=O)C(=O)NCCSCc1ccccc1. The van der Waals surface area contributed by atoms with E-state index >= 15 is 0 Å². The smallest absolute Gasteiger partial charge is 0.289 e. The number of allylic oxidation sites excluding steroid dienone is 1. The second kappa shape index (κ2) is 12.7. The number of Topliss-reactive ketones (excluding diaryl/α,β-unsaturated/α-hetero) is 1. The molecule has 3 rings (SSSR count). The first-order valence-corrected chi connectivity index (χ1v) is 15.1. The lowest BCUT2D eigenvalue weighted by Crippen LogP contribution is -2.56. The van der Waals surface area contributed by atoms with Gasteiger partial charge in [-0.1, -0.05) is 78.0 Å². The Morgan fingerprint density at radius 1 is 1.18 bits per heavy atom. The number of amides is 3. The molecule has 2 fully saturated rings. The maximum Gasteiger partial charge on any atom is 0.289 e. The molecule has 39 heavy (non-hydrogen) atoms. The number of carbonyl (C=O) groups is 4. The summed E-state index contributed by atoms with van der Waals surface area (Å²) in [5.74, 6) is -0.216. The molecule has 2 aliphatic rings. The molecular weight excluding hydrogens is 510 g/mol. The van der Waals surface area contributed by atoms with Crippen LogP contribution in [0, 0.1) is 28.6 Å². The van der Waals surface area contributed by atoms with Crippen molar-refractivity contribution in [3.63, 3.8) is 0 Å². The minimum Gasteiger partial charge on any atom is -0.349 e. The van der Waals surface area contributed by atoms with E-state index in [1.807, 2.05) is 45.9 Å². The average molecular weight is 556 g/mol. The maximum absolute atomic E-state index is 13.7. The summed E-state index contributed by atoms with van der Waals surface area (Å²) in [6.07, 6.45) is 2.42. The Hall–Kier alpha value is -2.61. The summed E-state index contributed by atoms with van der Waals surface area (Å²) in [6.45, 7) is 16.9. The largest absolute Gasteiger partial charge is 0.349 e. The molecule has 0 aromatic heterocycles. The fourth-order valence-electron chi connectivity index (χ4n) is 5.49. The fourth-order valence-corrected chi connectivity index (χ4v) is 6.31. The summed E-state index contributed by atoms with van der Waals surface area (Å²) in [7, 11) is 0. The normalized spacial score (nSPS) is 22.8. The number of carbonyl (C=O) groups excluding carboxylic acids is 4. The van der Waals surface area contributed by atoms with E-state index in [4.69, 9.17) is 0 Å². The third-order valence-electron chi connectivity index (χ3n) is 8.59. The predicted octanol–water partition coefficient (Wildman–Crippen LogP) is 4.22. The molecule has 5 atom stereocenters. The molecule has 214 valence electrons. The van der Waals surface area contributed by atoms with Gasteiger partial charge in [0, 0.05) is 30.5 Å². The van der Waals surface area contributed by atoms with Crippen molar-refractivity contribution in [2.24, 2.45) is 28.6 Å². The lowest BCUT2D eigenvalue weighted by Gasteiger charge is -2.36. The van der Waals surface area contributed by atoms with E-state index in [9.17, 15) is 19.2 Å². The van der Waals surface area contributed by atoms with Crippen LogP contribution in [0.5, 0.6) is 0 Å². The number of benzene rings is 1. The van der Waals surface area contributed by atoms with Gasteiger partial charge < -0.3 is 15.5 Å². The number of rotatable bonds is 13. The summed E-state index contributed by atoms with van der Waals surface area (Å²) >= 11 is 1.67. The molecule has 1 aliphatic heterocycles. The van der Waals surface area contributed by atoms with Crippen LogP contribution in [0.2, 0.25) is 0 Å². The fraction of sp³-hybridized carbons (Fsp3) is 0.613. The molecule has 1 saturated carbocycles. The average Bonchev–Trinajstić information content (AvgIpc) is 3.22. The summed E-state index contributed by atoms with van der Waals surface area (Å²) in [5, 5.41) is 5.56. The van der Waals surface area contributed by atoms with Gasteiger partial charge in [-0.2, -0.15) is 11.8 Å². The van der Waals surface area contributed by atoms with Gasteiger partial charge >= 0.3 is 0 Å². The van der Waals surface area contributed by atoms with Crippen LogP contribution in [0.15, 0.2) is 43.0 Å². The first-order chi connectivity index (χ1) is 18.3. The molecule has 1 aliphatic carbocycles. The van der Waals surface area contributed by atoms with E-state index < -0.39 is 23.8 Å². The highest BCUT2D eigenvalue weighted by Gasteiger charge is 2.69. The zero-order valence-electron chi connectivity index (χ0n) is 24.3. The number of likely N-dealkylation sites (tertiary alicyclic amines) is 1. The Kier molecular flexibility index (Phi) is 10.1. The van der Waals surface area contributed by atoms with Gasteiger partial charge in [-0.15, -0.1) is 6.58 Å². The Balaban J connectivity index is 1.62. The monoisotopic (exact) mass is 555 g/mol. The molecule has 2 N–H and O–H groups in total. The van der Waals surface area contributed by atoms with E-state index in [1.165, 1.54) is 5.56 Å². The van der Waals surface area contributed by atoms with Crippen LogP contribution in [0.4, 0.5) is 0 Å². The van der Waals surface area contributed by atoms with Crippen molar-refractivity contribution in [1.82, 2.24) is 15.5 Å². The van der Waals surface area contributed by atoms with Gasteiger partial charge in [0.05, 0.1) is 6.04 Å². The van der Waals surface area contributed by atoms with Gasteiger partial charge in [0.1, 0.15) is 6.04 Å². The summed E-state index contributed by atoms with van der Waals surface area (Å²) in [4.78, 5) is 54.7. The Morgan fingerprint density at radius 3 is 2.46 bits per heavy atom. The van der Waals surface area contributed by atoms with Crippen molar-refractivity contribution < 1.29 is 19.2 Å². The van der Waals surface area contributed by atoms with E-state index in [-0.39, 0.29) is 46.8 Å². The quantitative estimate of drug-likeness (QED) is 0.216. The number of piperidine rings is 1. The predicted molar refractivity (Wildman–Crippen MR) is 157 cm³/mol. The Labute approximate surface area is 237 Å². The van der Waals surface area contributed by atoms with Gasteiger partial charge in [0.2, 0.25) is 17.6 Å². The van der Waals surface area contributed by atoms with E-state index in [2.05, 4.69) is 43.2 Å². The molecule has 8 heteroatoms. The molecule has 1 heterocycles. The highest BCUT2D eigenvalue weighted by atomic mass is 32.2. The van der Waals surface area contributed by atoms with Crippen molar-refractivity contribution in [3.05, 3.63) is 48.6 Å². The van der Waals surface area contributed by atoms with Crippen LogP contribution >= 0.6 is 11.8 Å². The first-order valence-electron chi connectivity index (χ1n) is 14.0. The number of ketones is 1. The first kappa shape index (κ1) is 30.9. The van der Waals surface area contributed by atoms with Gasteiger partial charge in [-0.25, -0.2) is 0 Å². The van der Waals surface area contributed by atoms with E-state index in [1.54, 1.807) is 22.7 Å². The standard InChI is InChI=1S/C31H45N3O4S/c1-8-9-15-23(26(35)28(37)32-16-17-39-19-21-13-11-10-12-14-21)33-27(36)25-24-22(31(24,6)7)18-34(25)29(38)20(2)30(3,4)5/h8,10-14,20,22-25H,1,9,15-19H2,2-7H3,(H,32,37)(H,33,36)/t20-,22+,23?,24+,25+/m1/s1. The molecule has 7 nitrogen and oxygen atoms in total. The minimum atomic E-state index is -0.967. The third-order valence-corrected chi connectivity index (χ3v) is 9.62. The lowest BCUT2D eigenvalue weighted by molar-refractivity contribution is -0.146. The minimum absolute atomic E-state index is 0.0367. The van der Waals surface area contributed by atoms with Crippen LogP contribution in [0.1, 0.15) is 59.9 Å². The van der Waals surface area contributed by atoms with Crippen molar-refractivity contribution >= 4 is 35.3 Å². The molecule has 1 aromatic carbocycles. The Bertz CT molecular complexity index is 1070. The van der Waals surface area contributed by atoms with Crippen LogP contribution in [-0.2, 0) is 24.9 Å². The molecule has 0 spiro atoms. The van der Waals surface area contributed by atoms with E-state index in [0.29, 0.717) is 25.3 Å². The number of nitrogens with zero attached hydrogens (tertiary/aromatic N) is 1. The van der Waals surface area contributed by atoms with Gasteiger partial charge in [-0.05, 0) is 41.1 Å². The van der Waals surface area contributed by atoms with Crippen LogP contribution in [-0.4, -0.2) is 59.3 Å². The van der Waals surface area contributed by atoms with E-state index in [0.717, 1.165) is 5.75 Å². The third kappa shape index (κ3) is 7.33. The molecule has 0 radical (unpaired) electrons. The molecule has 1 saturated heterocycles. The molecule has 3 amide bonds. The van der Waals surface area contributed by atoms with Crippen molar-refractivity contribution in [3.8, 4) is 0 Å². The van der Waals surface area contributed by atoms with Gasteiger partial charge in [0.25, 0.3) is 5.91 Å². The lowest BCUT2D eigenvalue weighted by atomic mass is 9.81. The zero-order valence-corrected chi connectivity index (χ0v) is 25.1. The topological polar surface area (TPSA) is 95.6 Å². The molecule has 1 aromatic rings. The number of thioether (sulfide) groups is 1. The number of nitrogens with one attached hydrogen (secondary N) is 2. The summed E-state index contributed by atoms with van der Waals surface area (Å²) < 4.78 is 0. The second-order valence-corrected chi connectivity index (χ2v) is 13.7. The van der Waals surface area contributed by atoms with Crippen molar-refractivity contribution in [2.75, 3.05) is 18.8 Å². The van der Waals surface area contributed by atoms with Gasteiger partial charge in [-0.3, -0.25) is 19.2 Å². The van der Waals surface area contributed by atoms with Crippen LogP contribution in [0.25, 0.3) is 0 Å². The van der Waals surface area contributed by atoms with Crippen molar-refractivity contribution in [2.45, 2.75) is 72.2 Å². The molecular formula is C31H45N3O4S. The summed E-state index contributed by atoms with van der Waals surface area (Å²) in [5.41, 5.74) is 0.925. The molecule has 1 unspecified atom stereocenters. The zero-order chi connectivity index (χ0) is 29.0. The van der Waals surface area contributed by atoms with Crippen LogP contribution in [0.3, 0.4) is 0 Å². The summed E-state index contributed by atoms with van der Waals surface area (Å²) in [6, 6.07) is 8.45. The molecule has 0 bridgehead atoms. The highest BCUT2D eigenvalue weighted by Crippen LogP contribution is 2.65. The highest BCUT2D eigenvalue weighted by molar-refractivity contribution is 7.98. The number of fused-ring (bicyclic) bond motifs is 1. The number of hydrogen-bond donors (Lipinski definition) is 2. The van der Waals surface area contributed by atoms with Crippen molar-refractivity contribution in [1.29, 1.82) is 0 Å². The van der Waals surface area contributed by atoms with Crippen LogP contribution < -0.4 is 10.6 Å². The maximum atomic E-state index is 13.7. The van der Waals surface area contributed by atoms with Gasteiger partial charge in [0.15, 0.2) is 0 Å². The Morgan fingerprint density at radius 2 is 1.85 bits per heavy atom.